The highest BCUT2D eigenvalue weighted by atomic mass is 79.9. The van der Waals surface area contributed by atoms with Crippen molar-refractivity contribution in [2.24, 2.45) is 0 Å². The molecule has 0 fully saturated rings. The Bertz CT molecular complexity index is 512. The van der Waals surface area contributed by atoms with Crippen LogP contribution in [0.25, 0.3) is 0 Å². The number of aromatic amines is 1. The van der Waals surface area contributed by atoms with Crippen molar-refractivity contribution in [3.63, 3.8) is 0 Å². The maximum Gasteiger partial charge on any atom is 0.269 e. The third-order valence-electron chi connectivity index (χ3n) is 2.81. The van der Waals surface area contributed by atoms with Gasteiger partial charge in [0, 0.05) is 11.5 Å². The highest BCUT2D eigenvalue weighted by Gasteiger charge is 2.27. The van der Waals surface area contributed by atoms with Crippen LogP contribution in [0.4, 0.5) is 0 Å². The molecule has 0 bridgehead atoms. The van der Waals surface area contributed by atoms with Gasteiger partial charge in [-0.2, -0.15) is 5.10 Å². The average Bonchev–Trinajstić information content (AvgIpc) is 2.93. The average molecular weight is 308 g/mol. The van der Waals surface area contributed by atoms with Gasteiger partial charge in [-0.3, -0.25) is 9.89 Å². The SMILES string of the molecule is CC(CBr)(NC(=O)c1ccn[nH]1)c1ccccc1. The first kappa shape index (κ1) is 12.8. The lowest BCUT2D eigenvalue weighted by atomic mass is 9.94. The molecule has 0 aliphatic rings. The Labute approximate surface area is 114 Å². The van der Waals surface area contributed by atoms with Crippen LogP contribution in [-0.2, 0) is 5.54 Å². The number of amides is 1. The molecule has 0 saturated carbocycles. The highest BCUT2D eigenvalue weighted by Crippen LogP contribution is 2.23. The summed E-state index contributed by atoms with van der Waals surface area (Å²) in [5.41, 5.74) is 1.05. The zero-order valence-electron chi connectivity index (χ0n) is 9.98. The van der Waals surface area contributed by atoms with Crippen LogP contribution in [0.3, 0.4) is 0 Å². The Kier molecular flexibility index (Phi) is 3.81. The number of carbonyl (C=O) groups is 1. The van der Waals surface area contributed by atoms with E-state index < -0.39 is 5.54 Å². The summed E-state index contributed by atoms with van der Waals surface area (Å²) in [7, 11) is 0. The number of H-pyrrole nitrogens is 1. The van der Waals surface area contributed by atoms with E-state index in [1.54, 1.807) is 12.3 Å². The number of nitrogens with zero attached hydrogens (tertiary/aromatic N) is 1. The number of rotatable bonds is 4. The summed E-state index contributed by atoms with van der Waals surface area (Å²) in [4.78, 5) is 12.1. The van der Waals surface area contributed by atoms with Gasteiger partial charge < -0.3 is 5.32 Å². The van der Waals surface area contributed by atoms with Crippen molar-refractivity contribution in [3.8, 4) is 0 Å². The molecule has 1 atom stereocenters. The number of benzene rings is 1. The largest absolute Gasteiger partial charge is 0.341 e. The summed E-state index contributed by atoms with van der Waals surface area (Å²) in [6.45, 7) is 1.98. The van der Waals surface area contributed by atoms with Gasteiger partial charge in [0.1, 0.15) is 5.69 Å². The Morgan fingerprint density at radius 3 is 2.67 bits per heavy atom. The Morgan fingerprint density at radius 1 is 1.39 bits per heavy atom. The number of carbonyl (C=O) groups excluding carboxylic acids is 1. The first-order valence-corrected chi connectivity index (χ1v) is 6.71. The molecule has 1 unspecified atom stereocenters. The highest BCUT2D eigenvalue weighted by molar-refractivity contribution is 9.09. The molecule has 1 aromatic heterocycles. The minimum atomic E-state index is -0.455. The van der Waals surface area contributed by atoms with E-state index in [-0.39, 0.29) is 5.91 Å². The molecule has 0 aliphatic heterocycles. The van der Waals surface area contributed by atoms with Crippen LogP contribution in [0.15, 0.2) is 42.6 Å². The van der Waals surface area contributed by atoms with Crippen molar-refractivity contribution in [3.05, 3.63) is 53.9 Å². The van der Waals surface area contributed by atoms with Crippen molar-refractivity contribution in [2.45, 2.75) is 12.5 Å². The van der Waals surface area contributed by atoms with Gasteiger partial charge in [0.25, 0.3) is 5.91 Å². The summed E-state index contributed by atoms with van der Waals surface area (Å²) in [6.07, 6.45) is 1.56. The van der Waals surface area contributed by atoms with Crippen molar-refractivity contribution in [1.82, 2.24) is 15.5 Å². The molecule has 0 spiro atoms. The van der Waals surface area contributed by atoms with Crippen LogP contribution in [0.5, 0.6) is 0 Å². The topological polar surface area (TPSA) is 57.8 Å². The molecule has 1 aromatic carbocycles. The zero-order valence-corrected chi connectivity index (χ0v) is 11.6. The van der Waals surface area contributed by atoms with E-state index in [1.807, 2.05) is 37.3 Å². The molecule has 2 rings (SSSR count). The number of nitrogens with one attached hydrogen (secondary N) is 2. The van der Waals surface area contributed by atoms with Gasteiger partial charge in [0.2, 0.25) is 0 Å². The summed E-state index contributed by atoms with van der Waals surface area (Å²) in [6, 6.07) is 11.5. The van der Waals surface area contributed by atoms with Crippen LogP contribution >= 0.6 is 15.9 Å². The molecule has 4 nitrogen and oxygen atoms in total. The summed E-state index contributed by atoms with van der Waals surface area (Å²) >= 11 is 3.46. The van der Waals surface area contributed by atoms with Gasteiger partial charge >= 0.3 is 0 Å². The number of halogens is 1. The smallest absolute Gasteiger partial charge is 0.269 e. The number of alkyl halides is 1. The van der Waals surface area contributed by atoms with Gasteiger partial charge in [-0.25, -0.2) is 0 Å². The fraction of sp³-hybridized carbons (Fsp3) is 0.231. The molecule has 0 radical (unpaired) electrons. The third-order valence-corrected chi connectivity index (χ3v) is 3.93. The van der Waals surface area contributed by atoms with E-state index in [4.69, 9.17) is 0 Å². The first-order chi connectivity index (χ1) is 8.65. The number of hydrogen-bond donors (Lipinski definition) is 2. The second-order valence-corrected chi connectivity index (χ2v) is 4.82. The minimum Gasteiger partial charge on any atom is -0.341 e. The van der Waals surface area contributed by atoms with Gasteiger partial charge in [-0.1, -0.05) is 46.3 Å². The molecule has 5 heteroatoms. The molecular formula is C13H14BrN3O. The summed E-state index contributed by atoms with van der Waals surface area (Å²) in [5, 5.41) is 10.1. The molecule has 0 aliphatic carbocycles. The number of aromatic nitrogens is 2. The van der Waals surface area contributed by atoms with E-state index in [0.29, 0.717) is 11.0 Å². The van der Waals surface area contributed by atoms with Crippen molar-refractivity contribution in [2.75, 3.05) is 5.33 Å². The molecule has 2 aromatic rings. The van der Waals surface area contributed by atoms with Crippen LogP contribution in [0.2, 0.25) is 0 Å². The normalized spacial score (nSPS) is 13.9. The second kappa shape index (κ2) is 5.35. The van der Waals surface area contributed by atoms with Gasteiger partial charge in [0.15, 0.2) is 0 Å². The van der Waals surface area contributed by atoms with Gasteiger partial charge in [-0.15, -0.1) is 0 Å². The predicted molar refractivity (Wildman–Crippen MR) is 73.6 cm³/mol. The van der Waals surface area contributed by atoms with E-state index in [2.05, 4.69) is 31.4 Å². The predicted octanol–water partition coefficient (Wildman–Crippen LogP) is 2.45. The van der Waals surface area contributed by atoms with Crippen molar-refractivity contribution < 1.29 is 4.79 Å². The van der Waals surface area contributed by atoms with E-state index in [9.17, 15) is 4.79 Å². The first-order valence-electron chi connectivity index (χ1n) is 5.59. The standard InChI is InChI=1S/C13H14BrN3O/c1-13(9-14,10-5-3-2-4-6-10)16-12(18)11-7-8-15-17-11/h2-8H,9H2,1H3,(H,15,17)(H,16,18). The summed E-state index contributed by atoms with van der Waals surface area (Å²) < 4.78 is 0. The van der Waals surface area contributed by atoms with Crippen LogP contribution in [-0.4, -0.2) is 21.4 Å². The van der Waals surface area contributed by atoms with Crippen LogP contribution < -0.4 is 5.32 Å². The lowest BCUT2D eigenvalue weighted by molar-refractivity contribution is 0.0909. The van der Waals surface area contributed by atoms with E-state index >= 15 is 0 Å². The quantitative estimate of drug-likeness (QED) is 0.852. The molecule has 0 saturated heterocycles. The Hall–Kier alpha value is -1.62. The Balaban J connectivity index is 2.21. The lowest BCUT2D eigenvalue weighted by Crippen LogP contribution is -2.45. The maximum absolute atomic E-state index is 12.1. The monoisotopic (exact) mass is 307 g/mol. The third kappa shape index (κ3) is 2.61. The molecular weight excluding hydrogens is 294 g/mol. The van der Waals surface area contributed by atoms with Crippen molar-refractivity contribution in [1.29, 1.82) is 0 Å². The fourth-order valence-electron chi connectivity index (χ4n) is 1.69. The lowest BCUT2D eigenvalue weighted by Gasteiger charge is -2.29. The minimum absolute atomic E-state index is 0.168. The van der Waals surface area contributed by atoms with Crippen LogP contribution in [0, 0.1) is 0 Å². The van der Waals surface area contributed by atoms with Gasteiger partial charge in [-0.05, 0) is 18.6 Å². The molecule has 18 heavy (non-hydrogen) atoms. The van der Waals surface area contributed by atoms with E-state index in [1.165, 1.54) is 0 Å². The van der Waals surface area contributed by atoms with Gasteiger partial charge in [0.05, 0.1) is 5.54 Å². The molecule has 2 N–H and O–H groups in total. The van der Waals surface area contributed by atoms with Crippen molar-refractivity contribution >= 4 is 21.8 Å². The molecule has 1 heterocycles. The fourth-order valence-corrected chi connectivity index (χ4v) is 2.15. The Morgan fingerprint density at radius 2 is 2.11 bits per heavy atom. The molecule has 1 amide bonds. The van der Waals surface area contributed by atoms with E-state index in [0.717, 1.165) is 5.56 Å². The second-order valence-electron chi connectivity index (χ2n) is 4.26. The molecule has 94 valence electrons. The number of hydrogen-bond acceptors (Lipinski definition) is 2. The zero-order chi connectivity index (χ0) is 13.0. The van der Waals surface area contributed by atoms with Crippen LogP contribution in [0.1, 0.15) is 23.0 Å². The maximum atomic E-state index is 12.1. The summed E-state index contributed by atoms with van der Waals surface area (Å²) in [5.74, 6) is -0.168.